The Bertz CT molecular complexity index is 794. The maximum atomic E-state index is 13.0. The largest absolute Gasteiger partial charge is 0.494 e. The first-order valence-electron chi connectivity index (χ1n) is 10.9. The molecule has 0 unspecified atom stereocenters. The molecule has 2 N–H and O–H groups in total. The molecule has 0 bridgehead atoms. The number of carbonyl (C=O) groups excluding carboxylic acids is 3. The highest BCUT2D eigenvalue weighted by atomic mass is 16.5. The molecule has 2 aliphatic heterocycles. The van der Waals surface area contributed by atoms with E-state index in [1.165, 1.54) is 5.56 Å². The SMILES string of the molecule is CCOc1ccc(CN2CCN(C(=O)C3CCC4(CC3)NC(=O)NC4=O)CC2)cc1. The molecule has 1 spiro atoms. The third kappa shape index (κ3) is 4.28. The number of hydrogen-bond acceptors (Lipinski definition) is 5. The van der Waals surface area contributed by atoms with Gasteiger partial charge < -0.3 is 15.0 Å². The lowest BCUT2D eigenvalue weighted by atomic mass is 9.76. The van der Waals surface area contributed by atoms with Crippen LogP contribution in [0, 0.1) is 5.92 Å². The zero-order valence-corrected chi connectivity index (χ0v) is 17.5. The summed E-state index contributed by atoms with van der Waals surface area (Å²) in [5, 5.41) is 5.08. The summed E-state index contributed by atoms with van der Waals surface area (Å²) in [4.78, 5) is 40.8. The fourth-order valence-electron chi connectivity index (χ4n) is 4.74. The van der Waals surface area contributed by atoms with Gasteiger partial charge in [-0.1, -0.05) is 12.1 Å². The fourth-order valence-corrected chi connectivity index (χ4v) is 4.74. The number of rotatable bonds is 5. The molecule has 0 aromatic heterocycles. The zero-order valence-electron chi connectivity index (χ0n) is 17.5. The minimum Gasteiger partial charge on any atom is -0.494 e. The topological polar surface area (TPSA) is 91.0 Å². The minimum atomic E-state index is -0.801. The number of urea groups is 1. The number of carbonyl (C=O) groups is 3. The highest BCUT2D eigenvalue weighted by Gasteiger charge is 2.49. The number of nitrogens with one attached hydrogen (secondary N) is 2. The van der Waals surface area contributed by atoms with Crippen molar-refractivity contribution in [2.24, 2.45) is 5.92 Å². The predicted molar refractivity (Wildman–Crippen MR) is 111 cm³/mol. The molecule has 162 valence electrons. The maximum absolute atomic E-state index is 13.0. The van der Waals surface area contributed by atoms with Gasteiger partial charge in [-0.15, -0.1) is 0 Å². The molecule has 2 saturated heterocycles. The summed E-state index contributed by atoms with van der Waals surface area (Å²) < 4.78 is 5.49. The van der Waals surface area contributed by atoms with E-state index in [9.17, 15) is 14.4 Å². The fraction of sp³-hybridized carbons (Fsp3) is 0.591. The Hall–Kier alpha value is -2.61. The Kier molecular flexibility index (Phi) is 5.94. The standard InChI is InChI=1S/C22H30N4O4/c1-2-30-18-5-3-16(4-6-18)15-25-11-13-26(14-12-25)19(27)17-7-9-22(10-8-17)20(28)23-21(29)24-22/h3-6,17H,2,7-15H2,1H3,(H2,23,24,28,29). The number of benzene rings is 1. The molecule has 1 aliphatic carbocycles. The van der Waals surface area contributed by atoms with Crippen molar-refractivity contribution in [2.45, 2.75) is 44.7 Å². The van der Waals surface area contributed by atoms with Crippen LogP contribution in [0.3, 0.4) is 0 Å². The maximum Gasteiger partial charge on any atom is 0.322 e. The molecule has 3 aliphatic rings. The lowest BCUT2D eigenvalue weighted by molar-refractivity contribution is -0.140. The van der Waals surface area contributed by atoms with E-state index in [1.807, 2.05) is 24.0 Å². The molecular weight excluding hydrogens is 384 g/mol. The summed E-state index contributed by atoms with van der Waals surface area (Å²) in [6.45, 7) is 6.68. The van der Waals surface area contributed by atoms with Crippen LogP contribution in [0.2, 0.25) is 0 Å². The molecule has 2 heterocycles. The van der Waals surface area contributed by atoms with Crippen molar-refractivity contribution in [3.8, 4) is 5.75 Å². The van der Waals surface area contributed by atoms with Crippen molar-refractivity contribution in [3.63, 3.8) is 0 Å². The molecule has 8 nitrogen and oxygen atoms in total. The summed E-state index contributed by atoms with van der Waals surface area (Å²) in [6.07, 6.45) is 2.33. The molecule has 0 atom stereocenters. The van der Waals surface area contributed by atoms with Crippen molar-refractivity contribution in [1.82, 2.24) is 20.4 Å². The van der Waals surface area contributed by atoms with E-state index in [2.05, 4.69) is 27.7 Å². The summed E-state index contributed by atoms with van der Waals surface area (Å²) in [7, 11) is 0. The van der Waals surface area contributed by atoms with Gasteiger partial charge in [0.1, 0.15) is 11.3 Å². The van der Waals surface area contributed by atoms with E-state index in [4.69, 9.17) is 4.74 Å². The number of imide groups is 1. The van der Waals surface area contributed by atoms with Gasteiger partial charge in [0.2, 0.25) is 5.91 Å². The van der Waals surface area contributed by atoms with Gasteiger partial charge in [0, 0.05) is 38.6 Å². The lowest BCUT2D eigenvalue weighted by Crippen LogP contribution is -2.53. The predicted octanol–water partition coefficient (Wildman–Crippen LogP) is 1.50. The van der Waals surface area contributed by atoms with Gasteiger partial charge in [0.15, 0.2) is 0 Å². The van der Waals surface area contributed by atoms with Crippen LogP contribution in [-0.4, -0.2) is 66.0 Å². The minimum absolute atomic E-state index is 0.0569. The van der Waals surface area contributed by atoms with Gasteiger partial charge >= 0.3 is 6.03 Å². The number of piperazine rings is 1. The second-order valence-corrected chi connectivity index (χ2v) is 8.44. The monoisotopic (exact) mass is 414 g/mol. The number of ether oxygens (including phenoxy) is 1. The van der Waals surface area contributed by atoms with E-state index >= 15 is 0 Å². The molecule has 1 aromatic rings. The lowest BCUT2D eigenvalue weighted by Gasteiger charge is -2.39. The second-order valence-electron chi connectivity index (χ2n) is 8.44. The van der Waals surface area contributed by atoms with Gasteiger partial charge in [-0.3, -0.25) is 19.8 Å². The second kappa shape index (κ2) is 8.63. The quantitative estimate of drug-likeness (QED) is 0.713. The Morgan fingerprint density at radius 2 is 1.77 bits per heavy atom. The summed E-state index contributed by atoms with van der Waals surface area (Å²) in [6, 6.07) is 7.77. The van der Waals surface area contributed by atoms with Crippen LogP contribution in [0.4, 0.5) is 4.79 Å². The summed E-state index contributed by atoms with van der Waals surface area (Å²) >= 11 is 0. The van der Waals surface area contributed by atoms with Crippen molar-refractivity contribution in [1.29, 1.82) is 0 Å². The average Bonchev–Trinajstić information content (AvgIpc) is 3.03. The number of amides is 4. The molecule has 1 saturated carbocycles. The van der Waals surface area contributed by atoms with Gasteiger partial charge in [-0.25, -0.2) is 4.79 Å². The highest BCUT2D eigenvalue weighted by Crippen LogP contribution is 2.35. The third-order valence-corrected chi connectivity index (χ3v) is 6.53. The Morgan fingerprint density at radius 1 is 1.10 bits per heavy atom. The first-order chi connectivity index (χ1) is 14.5. The van der Waals surface area contributed by atoms with E-state index < -0.39 is 11.6 Å². The van der Waals surface area contributed by atoms with Crippen LogP contribution < -0.4 is 15.4 Å². The smallest absolute Gasteiger partial charge is 0.322 e. The molecule has 0 radical (unpaired) electrons. The van der Waals surface area contributed by atoms with E-state index in [0.29, 0.717) is 32.3 Å². The van der Waals surface area contributed by atoms with E-state index in [-0.39, 0.29) is 17.7 Å². The van der Waals surface area contributed by atoms with Crippen LogP contribution >= 0.6 is 0 Å². The molecule has 1 aromatic carbocycles. The van der Waals surface area contributed by atoms with Crippen LogP contribution in [0.15, 0.2) is 24.3 Å². The van der Waals surface area contributed by atoms with Crippen LogP contribution in [0.1, 0.15) is 38.2 Å². The van der Waals surface area contributed by atoms with Crippen LogP contribution in [0.5, 0.6) is 5.75 Å². The third-order valence-electron chi connectivity index (χ3n) is 6.53. The van der Waals surface area contributed by atoms with Crippen molar-refractivity contribution in [3.05, 3.63) is 29.8 Å². The molecule has 8 heteroatoms. The Labute approximate surface area is 176 Å². The molecular formula is C22H30N4O4. The molecule has 3 fully saturated rings. The van der Waals surface area contributed by atoms with Crippen molar-refractivity contribution < 1.29 is 19.1 Å². The van der Waals surface area contributed by atoms with Gasteiger partial charge in [-0.2, -0.15) is 0 Å². The molecule has 4 amide bonds. The molecule has 4 rings (SSSR count). The van der Waals surface area contributed by atoms with Crippen molar-refractivity contribution in [2.75, 3.05) is 32.8 Å². The van der Waals surface area contributed by atoms with Gasteiger partial charge in [-0.05, 0) is 50.3 Å². The van der Waals surface area contributed by atoms with E-state index in [1.54, 1.807) is 0 Å². The summed E-state index contributed by atoms with van der Waals surface area (Å²) in [5.41, 5.74) is 0.442. The molecule has 30 heavy (non-hydrogen) atoms. The highest BCUT2D eigenvalue weighted by molar-refractivity contribution is 6.07. The number of hydrogen-bond donors (Lipinski definition) is 2. The van der Waals surface area contributed by atoms with Crippen LogP contribution in [0.25, 0.3) is 0 Å². The number of nitrogens with zero attached hydrogens (tertiary/aromatic N) is 2. The Morgan fingerprint density at radius 3 is 2.33 bits per heavy atom. The zero-order chi connectivity index (χ0) is 21.1. The normalized spacial score (nSPS) is 27.1. The van der Waals surface area contributed by atoms with E-state index in [0.717, 1.165) is 38.5 Å². The first-order valence-corrected chi connectivity index (χ1v) is 10.9. The summed E-state index contributed by atoms with van der Waals surface area (Å²) in [5.74, 6) is 0.774. The van der Waals surface area contributed by atoms with Gasteiger partial charge in [0.05, 0.1) is 6.61 Å². The van der Waals surface area contributed by atoms with Crippen LogP contribution in [-0.2, 0) is 16.1 Å². The Balaban J connectivity index is 1.24. The first kappa shape index (κ1) is 20.7. The average molecular weight is 415 g/mol. The van der Waals surface area contributed by atoms with Gasteiger partial charge in [0.25, 0.3) is 5.91 Å². The van der Waals surface area contributed by atoms with Crippen molar-refractivity contribution >= 4 is 17.8 Å².